The fraction of sp³-hybridized carbons (Fsp3) is 0.675. The van der Waals surface area contributed by atoms with E-state index in [0.29, 0.717) is 71.0 Å². The standard InChI is InChI=1S/C40H66N8O7/c1-3-26(2)38-35(52)19-12-29(8-4-5-21-41)36(53)25-47-32(17-15-31(50)16-20-37(54)48-38)34(51)18-11-28(7-6-22-45-40(43)44)24-46-33(39(42)55)23-27-9-13-30(49)14-10-27/h9-10,13-14,26,28-29,32-33,38,46-47,49H,3-8,11-12,15-25,41H2,1-2H3,(H2,42,55)(H,48,54)(H4,43,44,45)/t26-,28+,29+,32-,33-,38-/m0/s1. The molecular formula is C40H66N8O7. The van der Waals surface area contributed by atoms with Crippen LogP contribution < -0.4 is 38.9 Å². The molecule has 12 N–H and O–H groups in total. The van der Waals surface area contributed by atoms with Crippen LogP contribution in [0.3, 0.4) is 0 Å². The Kier molecular flexibility index (Phi) is 22.0. The van der Waals surface area contributed by atoms with Gasteiger partial charge in [-0.3, -0.25) is 33.8 Å². The minimum atomic E-state index is -0.779. The summed E-state index contributed by atoms with van der Waals surface area (Å²) < 4.78 is 0. The van der Waals surface area contributed by atoms with Gasteiger partial charge in [0.05, 0.1) is 24.7 Å². The van der Waals surface area contributed by atoms with Gasteiger partial charge in [-0.25, -0.2) is 0 Å². The highest BCUT2D eigenvalue weighted by Gasteiger charge is 2.29. The first kappa shape index (κ1) is 46.9. The van der Waals surface area contributed by atoms with Gasteiger partial charge in [-0.2, -0.15) is 0 Å². The summed E-state index contributed by atoms with van der Waals surface area (Å²) in [4.78, 5) is 83.1. The maximum atomic E-state index is 13.8. The van der Waals surface area contributed by atoms with E-state index in [1.165, 1.54) is 12.1 Å². The van der Waals surface area contributed by atoms with Crippen LogP contribution >= 0.6 is 0 Å². The Balaban J connectivity index is 2.22. The number of phenolic OH excluding ortho intramolecular Hbond substituents is 1. The van der Waals surface area contributed by atoms with Crippen LogP contribution in [0.25, 0.3) is 0 Å². The number of primary amides is 1. The SMILES string of the molecule is CC[C@H](C)[C@@H]1NC(=O)CCC(=O)CC[C@@H](C(=O)CC[C@@H](CCCN=C(N)N)CN[C@@H](Cc2ccc(O)cc2)C(N)=O)NCC(=O)[C@H](CCCCN)CCC1=O. The molecule has 2 rings (SSSR count). The fourth-order valence-corrected chi connectivity index (χ4v) is 6.83. The molecule has 15 heteroatoms. The van der Waals surface area contributed by atoms with Crippen LogP contribution in [0.5, 0.6) is 5.75 Å². The highest BCUT2D eigenvalue weighted by molar-refractivity contribution is 5.92. The highest BCUT2D eigenvalue weighted by atomic mass is 16.3. The molecular weight excluding hydrogens is 704 g/mol. The minimum Gasteiger partial charge on any atom is -0.508 e. The molecule has 0 aliphatic carbocycles. The molecule has 0 unspecified atom stereocenters. The van der Waals surface area contributed by atoms with Crippen molar-refractivity contribution in [3.8, 4) is 5.75 Å². The molecule has 0 bridgehead atoms. The van der Waals surface area contributed by atoms with Crippen LogP contribution in [-0.2, 0) is 35.2 Å². The van der Waals surface area contributed by atoms with E-state index in [1.807, 2.05) is 13.8 Å². The van der Waals surface area contributed by atoms with E-state index in [2.05, 4.69) is 20.9 Å². The number of benzene rings is 1. The molecule has 1 aliphatic heterocycles. The first-order valence-corrected chi connectivity index (χ1v) is 19.9. The number of nitrogens with two attached hydrogens (primary N) is 4. The Labute approximate surface area is 326 Å². The van der Waals surface area contributed by atoms with Crippen LogP contribution in [0, 0.1) is 17.8 Å². The van der Waals surface area contributed by atoms with Crippen LogP contribution in [-0.4, -0.2) is 90.3 Å². The van der Waals surface area contributed by atoms with Crippen LogP contribution in [0.4, 0.5) is 0 Å². The lowest BCUT2D eigenvalue weighted by Gasteiger charge is -2.25. The van der Waals surface area contributed by atoms with Gasteiger partial charge in [-0.15, -0.1) is 0 Å². The summed E-state index contributed by atoms with van der Waals surface area (Å²) in [7, 11) is 0. The van der Waals surface area contributed by atoms with Gasteiger partial charge in [0.15, 0.2) is 11.7 Å². The third kappa shape index (κ3) is 18.8. The van der Waals surface area contributed by atoms with E-state index in [9.17, 15) is 33.9 Å². The van der Waals surface area contributed by atoms with Gasteiger partial charge in [0.25, 0.3) is 0 Å². The molecule has 308 valence electrons. The summed E-state index contributed by atoms with van der Waals surface area (Å²) >= 11 is 0. The van der Waals surface area contributed by atoms with Crippen molar-refractivity contribution in [2.75, 3.05) is 26.2 Å². The van der Waals surface area contributed by atoms with E-state index in [4.69, 9.17) is 22.9 Å². The van der Waals surface area contributed by atoms with Gasteiger partial charge in [0.1, 0.15) is 23.1 Å². The number of nitrogens with one attached hydrogen (secondary N) is 3. The van der Waals surface area contributed by atoms with Crippen LogP contribution in [0.1, 0.15) is 109 Å². The normalized spacial score (nSPS) is 21.0. The second kappa shape index (κ2) is 25.8. The van der Waals surface area contributed by atoms with E-state index >= 15 is 0 Å². The molecule has 1 aliphatic rings. The average Bonchev–Trinajstić information content (AvgIpc) is 3.15. The maximum Gasteiger partial charge on any atom is 0.234 e. The molecule has 0 spiro atoms. The number of nitrogens with zero attached hydrogens (tertiary/aromatic N) is 1. The van der Waals surface area contributed by atoms with Crippen molar-refractivity contribution in [2.45, 2.75) is 128 Å². The number of rotatable bonds is 20. The summed E-state index contributed by atoms with van der Waals surface area (Å²) in [5, 5.41) is 18.9. The molecule has 6 atom stereocenters. The van der Waals surface area contributed by atoms with Gasteiger partial charge in [-0.1, -0.05) is 38.8 Å². The summed E-state index contributed by atoms with van der Waals surface area (Å²) in [5.41, 5.74) is 23.3. The molecule has 2 amide bonds. The van der Waals surface area contributed by atoms with Gasteiger partial charge in [-0.05, 0) is 94.0 Å². The van der Waals surface area contributed by atoms with Gasteiger partial charge in [0, 0.05) is 44.6 Å². The number of aliphatic imine (C=N–C) groups is 1. The zero-order valence-corrected chi connectivity index (χ0v) is 32.9. The Bertz CT molecular complexity index is 1420. The van der Waals surface area contributed by atoms with Crippen molar-refractivity contribution in [1.29, 1.82) is 0 Å². The summed E-state index contributed by atoms with van der Waals surface area (Å²) in [6.07, 6.45) is 5.43. The molecule has 55 heavy (non-hydrogen) atoms. The summed E-state index contributed by atoms with van der Waals surface area (Å²) in [6.45, 7) is 5.01. The molecule has 1 aromatic carbocycles. The number of carbonyl (C=O) groups excluding carboxylic acids is 6. The van der Waals surface area contributed by atoms with Crippen molar-refractivity contribution in [2.24, 2.45) is 45.7 Å². The Morgan fingerprint density at radius 1 is 0.945 bits per heavy atom. The first-order valence-electron chi connectivity index (χ1n) is 19.9. The Morgan fingerprint density at radius 2 is 1.67 bits per heavy atom. The monoisotopic (exact) mass is 771 g/mol. The maximum absolute atomic E-state index is 13.8. The molecule has 15 nitrogen and oxygen atoms in total. The smallest absolute Gasteiger partial charge is 0.234 e. The molecule has 1 heterocycles. The van der Waals surface area contributed by atoms with Gasteiger partial charge in [0.2, 0.25) is 11.8 Å². The van der Waals surface area contributed by atoms with E-state index in [0.717, 1.165) is 12.0 Å². The Morgan fingerprint density at radius 3 is 2.33 bits per heavy atom. The van der Waals surface area contributed by atoms with Crippen LogP contribution in [0.2, 0.25) is 0 Å². The largest absolute Gasteiger partial charge is 0.508 e. The fourth-order valence-electron chi connectivity index (χ4n) is 6.83. The quantitative estimate of drug-likeness (QED) is 0.0535. The molecule has 0 saturated carbocycles. The molecule has 1 saturated heterocycles. The average molecular weight is 771 g/mol. The number of aromatic hydroxyl groups is 1. The predicted octanol–water partition coefficient (Wildman–Crippen LogP) is 1.69. The van der Waals surface area contributed by atoms with Crippen molar-refractivity contribution in [1.82, 2.24) is 16.0 Å². The van der Waals surface area contributed by atoms with Crippen LogP contribution in [0.15, 0.2) is 29.3 Å². The predicted molar refractivity (Wildman–Crippen MR) is 213 cm³/mol. The number of phenols is 1. The van der Waals surface area contributed by atoms with Gasteiger partial charge >= 0.3 is 0 Å². The van der Waals surface area contributed by atoms with Crippen molar-refractivity contribution in [3.05, 3.63) is 29.8 Å². The lowest BCUT2D eigenvalue weighted by atomic mass is 9.87. The lowest BCUT2D eigenvalue weighted by Crippen LogP contribution is -2.46. The Hall–Kier alpha value is -4.21. The molecule has 0 radical (unpaired) electrons. The summed E-state index contributed by atoms with van der Waals surface area (Å²) in [5.74, 6) is -2.02. The van der Waals surface area contributed by atoms with E-state index in [-0.39, 0.29) is 97.7 Å². The van der Waals surface area contributed by atoms with E-state index < -0.39 is 30.0 Å². The number of Topliss-reactive ketones (excluding diaryl/α,β-unsaturated/α-hetero) is 4. The zero-order valence-electron chi connectivity index (χ0n) is 32.9. The first-order chi connectivity index (χ1) is 26.2. The third-order valence-corrected chi connectivity index (χ3v) is 10.6. The molecule has 1 fully saturated rings. The van der Waals surface area contributed by atoms with Crippen molar-refractivity contribution >= 4 is 40.9 Å². The molecule has 0 aromatic heterocycles. The topological polar surface area (TPSA) is 275 Å². The molecule has 1 aromatic rings. The second-order valence-electron chi connectivity index (χ2n) is 14.9. The number of amides is 2. The lowest BCUT2D eigenvalue weighted by molar-refractivity contribution is -0.130. The number of ketones is 4. The van der Waals surface area contributed by atoms with E-state index in [1.54, 1.807) is 12.1 Å². The third-order valence-electron chi connectivity index (χ3n) is 10.6. The second-order valence-corrected chi connectivity index (χ2v) is 14.9. The highest BCUT2D eigenvalue weighted by Crippen LogP contribution is 2.21. The zero-order chi connectivity index (χ0) is 40.8. The number of hydrogen-bond acceptors (Lipinski definition) is 11. The number of carbonyl (C=O) groups is 6. The van der Waals surface area contributed by atoms with Crippen molar-refractivity contribution < 1.29 is 33.9 Å². The number of unbranched alkanes of at least 4 members (excludes halogenated alkanes) is 1. The number of guanidine groups is 1. The summed E-state index contributed by atoms with van der Waals surface area (Å²) in [6, 6.07) is 4.36. The van der Waals surface area contributed by atoms with Crippen molar-refractivity contribution in [3.63, 3.8) is 0 Å². The number of hydrogen-bond donors (Lipinski definition) is 8. The minimum absolute atomic E-state index is 0.0214. The van der Waals surface area contributed by atoms with Gasteiger partial charge < -0.3 is 44.0 Å².